The van der Waals surface area contributed by atoms with E-state index < -0.39 is 0 Å². The molecule has 0 bridgehead atoms. The molecular formula is C20H18ClNO4. The molecule has 0 radical (unpaired) electrons. The number of aromatic hydroxyl groups is 2. The van der Waals surface area contributed by atoms with Crippen molar-refractivity contribution in [3.05, 3.63) is 57.2 Å². The highest BCUT2D eigenvalue weighted by Gasteiger charge is 2.29. The zero-order chi connectivity index (χ0) is 18.4. The highest BCUT2D eigenvalue weighted by Crippen LogP contribution is 2.42. The van der Waals surface area contributed by atoms with E-state index in [0.29, 0.717) is 21.9 Å². The van der Waals surface area contributed by atoms with Gasteiger partial charge in [0.2, 0.25) is 0 Å². The molecule has 4 rings (SSSR count). The summed E-state index contributed by atoms with van der Waals surface area (Å²) in [6.45, 7) is 1.63. The number of rotatable bonds is 2. The second-order valence-electron chi connectivity index (χ2n) is 6.74. The monoisotopic (exact) mass is 371 g/mol. The molecule has 0 spiro atoms. The van der Waals surface area contributed by atoms with Crippen molar-refractivity contribution in [2.45, 2.75) is 12.3 Å². The maximum Gasteiger partial charge on any atom is 0.197 e. The van der Waals surface area contributed by atoms with Crippen molar-refractivity contribution in [3.63, 3.8) is 0 Å². The van der Waals surface area contributed by atoms with E-state index >= 15 is 0 Å². The summed E-state index contributed by atoms with van der Waals surface area (Å²) in [6.07, 6.45) is 0.837. The second-order valence-corrected chi connectivity index (χ2v) is 7.14. The molecular weight excluding hydrogens is 354 g/mol. The molecule has 1 aliphatic heterocycles. The number of phenols is 2. The second kappa shape index (κ2) is 6.34. The smallest absolute Gasteiger partial charge is 0.197 e. The third-order valence-electron chi connectivity index (χ3n) is 4.94. The molecule has 1 aliphatic rings. The van der Waals surface area contributed by atoms with E-state index in [4.69, 9.17) is 16.0 Å². The van der Waals surface area contributed by atoms with E-state index in [2.05, 4.69) is 4.90 Å². The zero-order valence-corrected chi connectivity index (χ0v) is 15.0. The first-order chi connectivity index (χ1) is 12.5. The molecule has 0 aliphatic carbocycles. The van der Waals surface area contributed by atoms with Crippen molar-refractivity contribution in [2.75, 3.05) is 20.1 Å². The van der Waals surface area contributed by atoms with Crippen LogP contribution in [-0.4, -0.2) is 35.3 Å². The van der Waals surface area contributed by atoms with Gasteiger partial charge in [-0.2, -0.15) is 0 Å². The van der Waals surface area contributed by atoms with Crippen LogP contribution >= 0.6 is 11.6 Å². The lowest BCUT2D eigenvalue weighted by Crippen LogP contribution is -2.14. The summed E-state index contributed by atoms with van der Waals surface area (Å²) >= 11 is 6.24. The van der Waals surface area contributed by atoms with Crippen molar-refractivity contribution in [1.82, 2.24) is 4.90 Å². The van der Waals surface area contributed by atoms with Gasteiger partial charge in [0.05, 0.1) is 5.02 Å². The van der Waals surface area contributed by atoms with Crippen LogP contribution in [0, 0.1) is 0 Å². The SMILES string of the molecule is CN1CCC(c2c(O)cc(O)c3c(=O)cc(-c4ccccc4Cl)oc23)C1. The summed E-state index contributed by atoms with van der Waals surface area (Å²) in [7, 11) is 2.00. The molecule has 5 nitrogen and oxygen atoms in total. The fourth-order valence-corrected chi connectivity index (χ4v) is 3.91. The van der Waals surface area contributed by atoms with Crippen LogP contribution in [0.4, 0.5) is 0 Å². The number of nitrogens with zero attached hydrogens (tertiary/aromatic N) is 1. The van der Waals surface area contributed by atoms with Crippen LogP contribution in [-0.2, 0) is 0 Å². The van der Waals surface area contributed by atoms with Crippen molar-refractivity contribution < 1.29 is 14.6 Å². The van der Waals surface area contributed by atoms with Gasteiger partial charge in [-0.15, -0.1) is 0 Å². The predicted octanol–water partition coefficient (Wildman–Crippen LogP) is 3.94. The molecule has 6 heteroatoms. The lowest BCUT2D eigenvalue weighted by Gasteiger charge is -2.16. The molecule has 1 saturated heterocycles. The maximum absolute atomic E-state index is 12.7. The Morgan fingerprint density at radius 2 is 1.96 bits per heavy atom. The highest BCUT2D eigenvalue weighted by atomic mass is 35.5. The molecule has 2 heterocycles. The van der Waals surface area contributed by atoms with Gasteiger partial charge in [0, 0.05) is 35.7 Å². The largest absolute Gasteiger partial charge is 0.507 e. The number of likely N-dealkylation sites (N-methyl/N-ethyl adjacent to an activating group) is 1. The van der Waals surface area contributed by atoms with Crippen molar-refractivity contribution in [3.8, 4) is 22.8 Å². The van der Waals surface area contributed by atoms with Crippen LogP contribution in [0.5, 0.6) is 11.5 Å². The maximum atomic E-state index is 12.7. The Bertz CT molecular complexity index is 1060. The Labute approximate surface area is 155 Å². The first-order valence-electron chi connectivity index (χ1n) is 8.42. The summed E-state index contributed by atoms with van der Waals surface area (Å²) in [5.74, 6) is -0.0136. The molecule has 1 aromatic heterocycles. The summed E-state index contributed by atoms with van der Waals surface area (Å²) in [6, 6.07) is 9.62. The minimum absolute atomic E-state index is 0.0211. The third-order valence-corrected chi connectivity index (χ3v) is 5.27. The number of likely N-dealkylation sites (tertiary alicyclic amines) is 1. The fourth-order valence-electron chi connectivity index (χ4n) is 3.68. The molecule has 2 aromatic carbocycles. The third kappa shape index (κ3) is 2.73. The lowest BCUT2D eigenvalue weighted by atomic mass is 9.94. The van der Waals surface area contributed by atoms with Gasteiger partial charge in [-0.25, -0.2) is 0 Å². The molecule has 3 aromatic rings. The Balaban J connectivity index is 2.02. The van der Waals surface area contributed by atoms with Crippen molar-refractivity contribution in [1.29, 1.82) is 0 Å². The molecule has 1 atom stereocenters. The lowest BCUT2D eigenvalue weighted by molar-refractivity contribution is 0.406. The van der Waals surface area contributed by atoms with Gasteiger partial charge in [0.1, 0.15) is 28.2 Å². The van der Waals surface area contributed by atoms with Gasteiger partial charge >= 0.3 is 0 Å². The Kier molecular flexibility index (Phi) is 4.13. The van der Waals surface area contributed by atoms with E-state index in [1.165, 1.54) is 12.1 Å². The standard InChI is InChI=1S/C20H18ClNO4/c1-22-7-6-11(10-22)18-14(23)8-15(24)19-16(25)9-17(26-20(18)19)12-4-2-3-5-13(12)21/h2-5,8-9,11,23-24H,6-7,10H2,1H3. The van der Waals surface area contributed by atoms with E-state index in [0.717, 1.165) is 19.5 Å². The van der Waals surface area contributed by atoms with Gasteiger partial charge < -0.3 is 19.5 Å². The number of hydrogen-bond acceptors (Lipinski definition) is 5. The molecule has 1 fully saturated rings. The van der Waals surface area contributed by atoms with E-state index in [1.54, 1.807) is 24.3 Å². The average molecular weight is 372 g/mol. The minimum Gasteiger partial charge on any atom is -0.507 e. The van der Waals surface area contributed by atoms with E-state index in [-0.39, 0.29) is 33.8 Å². The molecule has 1 unspecified atom stereocenters. The van der Waals surface area contributed by atoms with Crippen LogP contribution in [0.3, 0.4) is 0 Å². The van der Waals surface area contributed by atoms with Crippen LogP contribution < -0.4 is 5.43 Å². The number of fused-ring (bicyclic) bond motifs is 1. The number of hydrogen-bond donors (Lipinski definition) is 2. The fraction of sp³-hybridized carbons (Fsp3) is 0.250. The average Bonchev–Trinajstić information content (AvgIpc) is 3.00. The predicted molar refractivity (Wildman–Crippen MR) is 101 cm³/mol. The number of benzene rings is 2. The van der Waals surface area contributed by atoms with Gasteiger partial charge in [-0.1, -0.05) is 23.7 Å². The Morgan fingerprint density at radius 1 is 1.19 bits per heavy atom. The summed E-state index contributed by atoms with van der Waals surface area (Å²) in [5, 5.41) is 21.2. The molecule has 2 N–H and O–H groups in total. The van der Waals surface area contributed by atoms with Gasteiger partial charge in [-0.3, -0.25) is 4.79 Å². The van der Waals surface area contributed by atoms with Crippen molar-refractivity contribution >= 4 is 22.6 Å². The summed E-state index contributed by atoms with van der Waals surface area (Å²) < 4.78 is 6.03. The van der Waals surface area contributed by atoms with E-state index in [9.17, 15) is 15.0 Å². The van der Waals surface area contributed by atoms with Crippen LogP contribution in [0.2, 0.25) is 5.02 Å². The first kappa shape index (κ1) is 16.9. The molecule has 0 saturated carbocycles. The van der Waals surface area contributed by atoms with Gasteiger partial charge in [0.25, 0.3) is 0 Å². The summed E-state index contributed by atoms with van der Waals surface area (Å²) in [4.78, 5) is 14.8. The topological polar surface area (TPSA) is 73.9 Å². The molecule has 26 heavy (non-hydrogen) atoms. The first-order valence-corrected chi connectivity index (χ1v) is 8.79. The normalized spacial score (nSPS) is 17.8. The molecule has 0 amide bonds. The van der Waals surface area contributed by atoms with Crippen molar-refractivity contribution in [2.24, 2.45) is 0 Å². The highest BCUT2D eigenvalue weighted by molar-refractivity contribution is 6.33. The Morgan fingerprint density at radius 3 is 2.65 bits per heavy atom. The van der Waals surface area contributed by atoms with Gasteiger partial charge in [-0.05, 0) is 32.1 Å². The van der Waals surface area contributed by atoms with Crippen LogP contribution in [0.15, 0.2) is 45.6 Å². The van der Waals surface area contributed by atoms with Gasteiger partial charge in [0.15, 0.2) is 5.43 Å². The Hall–Kier alpha value is -2.50. The van der Waals surface area contributed by atoms with Crippen LogP contribution in [0.25, 0.3) is 22.3 Å². The quantitative estimate of drug-likeness (QED) is 0.713. The summed E-state index contributed by atoms with van der Waals surface area (Å²) in [5.41, 5.74) is 1.01. The minimum atomic E-state index is -0.369. The van der Waals surface area contributed by atoms with E-state index in [1.807, 2.05) is 7.05 Å². The number of phenolic OH excluding ortho intramolecular Hbond substituents is 2. The number of halogens is 1. The zero-order valence-electron chi connectivity index (χ0n) is 14.2. The van der Waals surface area contributed by atoms with Crippen LogP contribution in [0.1, 0.15) is 17.9 Å². The molecule has 134 valence electrons.